The maximum Gasteiger partial charge on any atom is 0.223 e. The molecule has 96 valence electrons. The predicted octanol–water partition coefficient (Wildman–Crippen LogP) is 0.756. The molecule has 0 atom stereocenters. The van der Waals surface area contributed by atoms with Gasteiger partial charge in [-0.1, -0.05) is 0 Å². The fourth-order valence-electron chi connectivity index (χ4n) is 1.94. The zero-order valence-electron chi connectivity index (χ0n) is 10.4. The van der Waals surface area contributed by atoms with Gasteiger partial charge in [0.15, 0.2) is 0 Å². The Kier molecular flexibility index (Phi) is 6.68. The summed E-state index contributed by atoms with van der Waals surface area (Å²) in [4.78, 5) is 13.6. The summed E-state index contributed by atoms with van der Waals surface area (Å²) in [5.41, 5.74) is 5.40. The molecular formula is C13H22N2O2. The topological polar surface area (TPSA) is 55.6 Å². The van der Waals surface area contributed by atoms with Crippen molar-refractivity contribution in [3.8, 4) is 12.3 Å². The van der Waals surface area contributed by atoms with E-state index in [9.17, 15) is 4.79 Å². The lowest BCUT2D eigenvalue weighted by molar-refractivity contribution is -0.133. The maximum absolute atomic E-state index is 11.7. The van der Waals surface area contributed by atoms with E-state index in [1.807, 2.05) is 4.90 Å². The number of nitrogens with two attached hydrogens (primary N) is 1. The first kappa shape index (κ1) is 14.0. The Labute approximate surface area is 103 Å². The molecule has 0 aromatic carbocycles. The molecule has 0 unspecified atom stereocenters. The second kappa shape index (κ2) is 8.10. The minimum atomic E-state index is 0.170. The van der Waals surface area contributed by atoms with Crippen LogP contribution in [0.15, 0.2) is 0 Å². The van der Waals surface area contributed by atoms with E-state index in [0.717, 1.165) is 39.0 Å². The van der Waals surface area contributed by atoms with Crippen molar-refractivity contribution >= 4 is 5.91 Å². The molecule has 0 spiro atoms. The molecule has 0 bridgehead atoms. The third kappa shape index (κ3) is 5.20. The number of rotatable bonds is 6. The van der Waals surface area contributed by atoms with Crippen molar-refractivity contribution in [3.05, 3.63) is 0 Å². The molecule has 4 heteroatoms. The van der Waals surface area contributed by atoms with Crippen LogP contribution in [0.3, 0.4) is 0 Å². The Morgan fingerprint density at radius 2 is 2.18 bits per heavy atom. The lowest BCUT2D eigenvalue weighted by Gasteiger charge is -2.32. The first-order valence-corrected chi connectivity index (χ1v) is 6.31. The molecule has 1 saturated heterocycles. The van der Waals surface area contributed by atoms with Gasteiger partial charge in [-0.25, -0.2) is 0 Å². The molecule has 0 aliphatic carbocycles. The van der Waals surface area contributed by atoms with Crippen molar-refractivity contribution < 1.29 is 9.53 Å². The van der Waals surface area contributed by atoms with Gasteiger partial charge in [0.25, 0.3) is 0 Å². The summed E-state index contributed by atoms with van der Waals surface area (Å²) in [7, 11) is 0. The SMILES string of the molecule is C#CCCC(=O)N1CCC(OCCCN)CC1. The summed E-state index contributed by atoms with van der Waals surface area (Å²) < 4.78 is 5.68. The van der Waals surface area contributed by atoms with Crippen molar-refractivity contribution in [1.29, 1.82) is 0 Å². The van der Waals surface area contributed by atoms with E-state index < -0.39 is 0 Å². The highest BCUT2D eigenvalue weighted by atomic mass is 16.5. The highest BCUT2D eigenvalue weighted by Crippen LogP contribution is 2.15. The summed E-state index contributed by atoms with van der Waals surface area (Å²) in [6.07, 6.45) is 9.19. The van der Waals surface area contributed by atoms with Crippen LogP contribution in [-0.4, -0.2) is 43.2 Å². The fraction of sp³-hybridized carbons (Fsp3) is 0.769. The van der Waals surface area contributed by atoms with Crippen LogP contribution in [0.1, 0.15) is 32.1 Å². The number of ether oxygens (including phenoxy) is 1. The number of terminal acetylenes is 1. The Morgan fingerprint density at radius 3 is 2.76 bits per heavy atom. The van der Waals surface area contributed by atoms with Gasteiger partial charge in [0, 0.05) is 32.5 Å². The molecule has 1 aliphatic rings. The molecular weight excluding hydrogens is 216 g/mol. The summed E-state index contributed by atoms with van der Waals surface area (Å²) in [5.74, 6) is 2.67. The highest BCUT2D eigenvalue weighted by Gasteiger charge is 2.22. The van der Waals surface area contributed by atoms with Gasteiger partial charge >= 0.3 is 0 Å². The predicted molar refractivity (Wildman–Crippen MR) is 67.3 cm³/mol. The quantitative estimate of drug-likeness (QED) is 0.549. The average Bonchev–Trinajstić information content (AvgIpc) is 2.37. The van der Waals surface area contributed by atoms with Crippen LogP contribution >= 0.6 is 0 Å². The Hall–Kier alpha value is -1.05. The van der Waals surface area contributed by atoms with Crippen molar-refractivity contribution in [2.45, 2.75) is 38.2 Å². The van der Waals surface area contributed by atoms with Gasteiger partial charge in [0.05, 0.1) is 6.10 Å². The van der Waals surface area contributed by atoms with Gasteiger partial charge in [-0.05, 0) is 25.8 Å². The molecule has 1 rings (SSSR count). The second-order valence-electron chi connectivity index (χ2n) is 4.30. The van der Waals surface area contributed by atoms with E-state index in [-0.39, 0.29) is 5.91 Å². The lowest BCUT2D eigenvalue weighted by atomic mass is 10.1. The van der Waals surface area contributed by atoms with E-state index in [0.29, 0.717) is 25.5 Å². The minimum absolute atomic E-state index is 0.170. The summed E-state index contributed by atoms with van der Waals surface area (Å²) in [5, 5.41) is 0. The molecule has 2 N–H and O–H groups in total. The van der Waals surface area contributed by atoms with Crippen LogP contribution < -0.4 is 5.73 Å². The smallest absolute Gasteiger partial charge is 0.223 e. The van der Waals surface area contributed by atoms with Crippen LogP contribution in [-0.2, 0) is 9.53 Å². The summed E-state index contributed by atoms with van der Waals surface area (Å²) in [6, 6.07) is 0. The van der Waals surface area contributed by atoms with Gasteiger partial charge in [-0.2, -0.15) is 0 Å². The molecule has 0 aromatic rings. The Morgan fingerprint density at radius 1 is 1.47 bits per heavy atom. The van der Waals surface area contributed by atoms with Gasteiger partial charge in [0.2, 0.25) is 5.91 Å². The van der Waals surface area contributed by atoms with Gasteiger partial charge in [-0.3, -0.25) is 4.79 Å². The molecule has 0 saturated carbocycles. The number of carbonyl (C=O) groups is 1. The summed E-state index contributed by atoms with van der Waals surface area (Å²) in [6.45, 7) is 2.98. The maximum atomic E-state index is 11.7. The number of hydrogen-bond acceptors (Lipinski definition) is 3. The molecule has 1 aliphatic heterocycles. The number of carbonyl (C=O) groups excluding carboxylic acids is 1. The van der Waals surface area contributed by atoms with E-state index in [2.05, 4.69) is 5.92 Å². The van der Waals surface area contributed by atoms with Crippen LogP contribution in [0.25, 0.3) is 0 Å². The normalized spacial score (nSPS) is 16.8. The standard InChI is InChI=1S/C13H22N2O2/c1-2-3-5-13(16)15-9-6-12(7-10-15)17-11-4-8-14/h1,12H,3-11,14H2. The Bertz CT molecular complexity index is 265. The van der Waals surface area contributed by atoms with Gasteiger partial charge in [-0.15, -0.1) is 12.3 Å². The summed E-state index contributed by atoms with van der Waals surface area (Å²) >= 11 is 0. The minimum Gasteiger partial charge on any atom is -0.378 e. The number of hydrogen-bond donors (Lipinski definition) is 1. The second-order valence-corrected chi connectivity index (χ2v) is 4.30. The van der Waals surface area contributed by atoms with Crippen LogP contribution in [0.4, 0.5) is 0 Å². The van der Waals surface area contributed by atoms with E-state index in [1.54, 1.807) is 0 Å². The first-order chi connectivity index (χ1) is 8.27. The number of likely N-dealkylation sites (tertiary alicyclic amines) is 1. The number of nitrogens with zero attached hydrogens (tertiary/aromatic N) is 1. The molecule has 1 amide bonds. The zero-order chi connectivity index (χ0) is 12.5. The van der Waals surface area contributed by atoms with Crippen LogP contribution in [0.2, 0.25) is 0 Å². The van der Waals surface area contributed by atoms with E-state index >= 15 is 0 Å². The van der Waals surface area contributed by atoms with Crippen molar-refractivity contribution in [3.63, 3.8) is 0 Å². The third-order valence-corrected chi connectivity index (χ3v) is 2.98. The molecule has 1 heterocycles. The zero-order valence-corrected chi connectivity index (χ0v) is 10.4. The average molecular weight is 238 g/mol. The van der Waals surface area contributed by atoms with Crippen LogP contribution in [0, 0.1) is 12.3 Å². The van der Waals surface area contributed by atoms with Crippen LogP contribution in [0.5, 0.6) is 0 Å². The van der Waals surface area contributed by atoms with E-state index in [4.69, 9.17) is 16.9 Å². The fourth-order valence-corrected chi connectivity index (χ4v) is 1.94. The molecule has 0 radical (unpaired) electrons. The van der Waals surface area contributed by atoms with Crippen molar-refractivity contribution in [2.75, 3.05) is 26.2 Å². The Balaban J connectivity index is 2.17. The molecule has 17 heavy (non-hydrogen) atoms. The van der Waals surface area contributed by atoms with E-state index in [1.165, 1.54) is 0 Å². The highest BCUT2D eigenvalue weighted by molar-refractivity contribution is 5.76. The third-order valence-electron chi connectivity index (χ3n) is 2.98. The van der Waals surface area contributed by atoms with Gasteiger partial charge in [0.1, 0.15) is 0 Å². The molecule has 1 fully saturated rings. The number of piperidine rings is 1. The molecule has 4 nitrogen and oxygen atoms in total. The monoisotopic (exact) mass is 238 g/mol. The molecule has 0 aromatic heterocycles. The largest absolute Gasteiger partial charge is 0.378 e. The van der Waals surface area contributed by atoms with Gasteiger partial charge < -0.3 is 15.4 Å². The first-order valence-electron chi connectivity index (χ1n) is 6.31. The van der Waals surface area contributed by atoms with Crippen molar-refractivity contribution in [1.82, 2.24) is 4.90 Å². The van der Waals surface area contributed by atoms with Crippen molar-refractivity contribution in [2.24, 2.45) is 5.73 Å². The lowest BCUT2D eigenvalue weighted by Crippen LogP contribution is -2.40. The number of amides is 1.